The molecular weight excluding hydrogens is 1630 g/mol. The number of hydrogen-bond donors (Lipinski definition) is 12. The summed E-state index contributed by atoms with van der Waals surface area (Å²) in [6.07, 6.45) is 7.98. The van der Waals surface area contributed by atoms with Gasteiger partial charge in [-0.25, -0.2) is 34.7 Å². The van der Waals surface area contributed by atoms with Gasteiger partial charge in [0.05, 0.1) is 44.4 Å². The number of para-hydroxylation sites is 1. The third kappa shape index (κ3) is 23.4. The van der Waals surface area contributed by atoms with E-state index in [2.05, 4.69) is 171 Å². The van der Waals surface area contributed by atoms with Crippen molar-refractivity contribution in [2.75, 3.05) is 44.3 Å². The number of rotatable bonds is 21. The monoisotopic (exact) mass is 1710 g/mol. The highest BCUT2D eigenvalue weighted by Crippen LogP contribution is 2.40. The fraction of sp³-hybridized carbons (Fsp3) is 0.195. The van der Waals surface area contributed by atoms with E-state index in [1.165, 1.54) is 37.2 Å². The largest absolute Gasteiger partial charge is 0.496 e. The topological polar surface area (TPSA) is 443 Å². The lowest BCUT2D eigenvalue weighted by molar-refractivity contribution is 0.0634. The molecule has 13 heterocycles. The number of aryl methyl sites for hydroxylation is 1. The van der Waals surface area contributed by atoms with E-state index in [4.69, 9.17) is 32.7 Å². The Hall–Kier alpha value is -15.2. The Morgan fingerprint density at radius 2 is 0.846 bits per heavy atom. The molecule has 12 aromatic heterocycles. The molecule has 1 amide bonds. The number of carbonyl (C=O) groups is 1. The highest BCUT2D eigenvalue weighted by atomic mass is 35.5. The maximum Gasteiger partial charge on any atom is 0.414 e. The lowest BCUT2D eigenvalue weighted by Gasteiger charge is -2.20. The summed E-state index contributed by atoms with van der Waals surface area (Å²) in [4.78, 5) is 100. The molecule has 0 saturated heterocycles. The number of nitrogens with one attached hydrogen (secondary N) is 12. The number of ether oxygens (including phenoxy) is 2. The number of imidazole rings is 5. The van der Waals surface area contributed by atoms with Gasteiger partial charge in [0.15, 0.2) is 63.1 Å². The fourth-order valence-corrected chi connectivity index (χ4v) is 12.2. The number of methoxy groups -OCH3 is 1. The lowest BCUT2D eigenvalue weighted by atomic mass is 9.94. The highest BCUT2D eigenvalue weighted by molar-refractivity contribution is 6.31. The molecule has 0 radical (unpaired) electrons. The first-order valence-electron chi connectivity index (χ1n) is 37.8. The van der Waals surface area contributed by atoms with Crippen LogP contribution < -0.4 is 42.0 Å². The number of amides is 1. The van der Waals surface area contributed by atoms with Crippen LogP contribution in [0.4, 0.5) is 73.3 Å². The van der Waals surface area contributed by atoms with Crippen LogP contribution in [0.25, 0.3) is 55.8 Å². The van der Waals surface area contributed by atoms with Crippen LogP contribution in [0.1, 0.15) is 85.2 Å². The fourth-order valence-electron chi connectivity index (χ4n) is 11.9. The van der Waals surface area contributed by atoms with Crippen molar-refractivity contribution in [1.82, 2.24) is 115 Å². The Balaban J connectivity index is 0.000000128. The Kier molecular flexibility index (Phi) is 28.3. The third-order valence-electron chi connectivity index (χ3n) is 17.8. The number of benzene rings is 5. The number of hydrogen-bond acceptors (Lipinski definition) is 28. The number of aromatic amines is 5. The van der Waals surface area contributed by atoms with E-state index in [9.17, 15) is 26.7 Å². The van der Waals surface area contributed by atoms with E-state index in [0.717, 1.165) is 50.5 Å². The Bertz CT molecular complexity index is 6310. The minimum atomic E-state index is -0.818. The number of aromatic nitrogens is 23. The quantitative estimate of drug-likeness (QED) is 0.0235. The molecule has 1 aliphatic rings. The molecule has 0 aliphatic carbocycles. The zero-order chi connectivity index (χ0) is 86.4. The molecule has 1 aliphatic heterocycles. The van der Waals surface area contributed by atoms with Crippen LogP contribution in [-0.2, 0) is 44.0 Å². The molecule has 41 heteroatoms. The Labute approximate surface area is 707 Å². The highest BCUT2D eigenvalue weighted by Gasteiger charge is 2.29. The van der Waals surface area contributed by atoms with Crippen molar-refractivity contribution in [1.29, 1.82) is 0 Å². The number of pyridine rings is 1. The predicted octanol–water partition coefficient (Wildman–Crippen LogP) is 16.4. The van der Waals surface area contributed by atoms with Gasteiger partial charge in [-0.05, 0) is 97.3 Å². The predicted molar refractivity (Wildman–Crippen MR) is 458 cm³/mol. The molecule has 0 bridgehead atoms. The van der Waals surface area contributed by atoms with Crippen molar-refractivity contribution in [2.24, 2.45) is 10.9 Å². The van der Waals surface area contributed by atoms with E-state index in [0.29, 0.717) is 140 Å². The Morgan fingerprint density at radius 3 is 1.29 bits per heavy atom. The van der Waals surface area contributed by atoms with Crippen LogP contribution in [0, 0.1) is 43.2 Å². The Morgan fingerprint density at radius 1 is 0.447 bits per heavy atom. The molecule has 1 unspecified atom stereocenters. The minimum Gasteiger partial charge on any atom is -0.496 e. The summed E-state index contributed by atoms with van der Waals surface area (Å²) in [7, 11) is 1.61. The van der Waals surface area contributed by atoms with Crippen molar-refractivity contribution < 1.29 is 36.2 Å². The van der Waals surface area contributed by atoms with Gasteiger partial charge in [-0.3, -0.25) is 15.3 Å². The number of fused-ring (bicyclic) bond motifs is 6. The average molecular weight is 1710 g/mol. The smallest absolute Gasteiger partial charge is 0.414 e. The zero-order valence-corrected chi connectivity index (χ0v) is 68.2. The molecule has 1 atom stereocenters. The second-order valence-electron chi connectivity index (χ2n) is 27.9. The summed E-state index contributed by atoms with van der Waals surface area (Å²) in [5, 5.41) is 22.6. The first-order chi connectivity index (χ1) is 59.5. The van der Waals surface area contributed by atoms with E-state index in [1.54, 1.807) is 37.7 Å². The van der Waals surface area contributed by atoms with Gasteiger partial charge in [-0.15, -0.1) is 0 Å². The van der Waals surface area contributed by atoms with Gasteiger partial charge < -0.3 is 66.3 Å². The third-order valence-corrected chi connectivity index (χ3v) is 18.4. The number of anilines is 7. The van der Waals surface area contributed by atoms with E-state index in [1.807, 2.05) is 155 Å². The second kappa shape index (κ2) is 40.5. The van der Waals surface area contributed by atoms with E-state index in [-0.39, 0.29) is 17.5 Å². The summed E-state index contributed by atoms with van der Waals surface area (Å²) in [6.45, 7) is 14.7. The number of carbonyl (C=O) groups excluding carboxylic acids is 1. The average Bonchev–Trinajstić information content (AvgIpc) is 1.64. The maximum absolute atomic E-state index is 13.3. The van der Waals surface area contributed by atoms with Crippen molar-refractivity contribution in [3.05, 3.63) is 269 Å². The number of H-pyrrole nitrogens is 5. The van der Waals surface area contributed by atoms with Crippen molar-refractivity contribution >= 4 is 138 Å². The van der Waals surface area contributed by atoms with Crippen LogP contribution in [0.15, 0.2) is 189 Å². The van der Waals surface area contributed by atoms with Gasteiger partial charge in [0.2, 0.25) is 5.95 Å². The second-order valence-corrected chi connectivity index (χ2v) is 28.8. The van der Waals surface area contributed by atoms with E-state index >= 15 is 0 Å². The van der Waals surface area contributed by atoms with Gasteiger partial charge in [0, 0.05) is 79.4 Å². The summed E-state index contributed by atoms with van der Waals surface area (Å²) in [5.41, 5.74) is 12.6. The summed E-state index contributed by atoms with van der Waals surface area (Å²) in [6, 6.07) is 44.2. The van der Waals surface area contributed by atoms with Crippen LogP contribution in [0.2, 0.25) is 10.0 Å². The van der Waals surface area contributed by atoms with Gasteiger partial charge in [-0.1, -0.05) is 146 Å². The van der Waals surface area contributed by atoms with Crippen LogP contribution in [0.5, 0.6) is 5.75 Å². The molecule has 34 nitrogen and oxygen atoms in total. The standard InChI is InChI=1S/C21H27N5O2.C13H12FN5O.C13H12FN5.2C12H9ClFN5.C11H9FN6/c1-13(2)15-12-22-17-16(15)24-19(26-20(27)28-21(3,4)5)25-18(17)23-11-14-9-7-6-8-10-14;1-20-9-5-3-2-4-8(9)6-15-11-10-12(17-7-16-10)19-13(14)18-11;1-8-4-2-3-5-9(8)6-15-11-10-12(17-7-16-10)19-13(14)18-11;13-8-3-1-7(2-4-8)5-15-10-9-11(17-6-16-9)19-12(14)18-10;13-8-4-2-1-3-7(8)5-15-10-9-11(17-6-16-9)19-12(14)18-10;12-11-17-9(8-10(18-11)16-6-15-8)14-5-7-2-1-3-13-4-7/h6-10,12-13,15H,11H2,1-5H3,(H2,23,24,25,26,27);2-5,7H,6H2,1H3,(H2,15,16,17,18,19);2-5,7H,6H2,1H3,(H2,15,16,17,18,19);2*1-4,6H,5H2,(H2,15,16,17,18,19);1-4,6H,5H2,(H2,14,15,16,17,18). The van der Waals surface area contributed by atoms with Gasteiger partial charge in [0.25, 0.3) is 0 Å². The molecule has 0 spiro atoms. The normalized spacial score (nSPS) is 11.8. The molecule has 123 heavy (non-hydrogen) atoms. The van der Waals surface area contributed by atoms with Crippen molar-refractivity contribution in [3.8, 4) is 5.75 Å². The summed E-state index contributed by atoms with van der Waals surface area (Å²) < 4.78 is 76.8. The minimum absolute atomic E-state index is 0.0782. The molecule has 18 rings (SSSR count). The van der Waals surface area contributed by atoms with Crippen LogP contribution in [0.3, 0.4) is 0 Å². The summed E-state index contributed by atoms with van der Waals surface area (Å²) in [5.74, 6) is 3.90. The number of nitrogens with zero attached hydrogens (tertiary/aromatic N) is 19. The van der Waals surface area contributed by atoms with Gasteiger partial charge in [-0.2, -0.15) is 76.8 Å². The van der Waals surface area contributed by atoms with Gasteiger partial charge >= 0.3 is 36.5 Å². The van der Waals surface area contributed by atoms with E-state index < -0.39 is 42.1 Å². The van der Waals surface area contributed by atoms with Crippen LogP contribution in [-0.4, -0.2) is 140 Å². The number of aliphatic imine (C=N–C) groups is 1. The lowest BCUT2D eigenvalue weighted by Crippen LogP contribution is -2.28. The zero-order valence-electron chi connectivity index (χ0n) is 66.7. The summed E-state index contributed by atoms with van der Waals surface area (Å²) >= 11 is 11.9. The molecule has 628 valence electrons. The van der Waals surface area contributed by atoms with Gasteiger partial charge in [0.1, 0.15) is 44.6 Å². The first kappa shape index (κ1) is 85.7. The SMILES string of the molecule is CC(C)C1C=Nc2c(NCc3ccccc3)nc(NC(=O)OC(C)(C)C)nc21.COc1ccccc1CNc1nc(F)nc2nc[nH]c12.Cc1ccccc1CNc1nc(F)nc2nc[nH]c12.Fc1nc(NCc2ccc(Cl)cc2)c2[nH]cnc2n1.Fc1nc(NCc2ccccc2Cl)c2[nH]cnc2n1.Fc1nc(NCc2cccnc2)c2[nH]cnc2n1. The molecule has 0 saturated carbocycles. The maximum atomic E-state index is 13.3. The molecule has 0 fully saturated rings. The first-order valence-corrected chi connectivity index (χ1v) is 38.6. The van der Waals surface area contributed by atoms with Crippen molar-refractivity contribution in [3.63, 3.8) is 0 Å². The molecule has 12 N–H and O–H groups in total. The van der Waals surface area contributed by atoms with Crippen molar-refractivity contribution in [2.45, 2.75) is 92.3 Å². The molecule has 5 aromatic carbocycles. The number of halogens is 7. The van der Waals surface area contributed by atoms with Crippen LogP contribution >= 0.6 is 23.2 Å². The molecular formula is C82H78Cl2F5N31O3. The molecule has 17 aromatic rings.